The van der Waals surface area contributed by atoms with Gasteiger partial charge in [0.1, 0.15) is 0 Å². The molecule has 0 aliphatic heterocycles. The molecule has 62 valence electrons. The number of rotatable bonds is 2. The molecule has 0 rings (SSSR count). The largest absolute Gasteiger partial charge is 0.459 e. The topological polar surface area (TPSA) is 3.24 Å². The van der Waals surface area contributed by atoms with E-state index in [1.807, 2.05) is 0 Å². The number of hydrogen-bond acceptors (Lipinski definition) is 1. The van der Waals surface area contributed by atoms with Crippen LogP contribution in [0, 0.1) is 0 Å². The highest BCUT2D eigenvalue weighted by molar-refractivity contribution is 4.62. The molecule has 0 aromatic rings. The van der Waals surface area contributed by atoms with E-state index in [1.54, 1.807) is 13.8 Å². The SMILES string of the molecule is CC[C@@H](C)N(C)C(F)(F)F. The van der Waals surface area contributed by atoms with Crippen molar-refractivity contribution in [2.24, 2.45) is 0 Å². The van der Waals surface area contributed by atoms with E-state index in [-0.39, 0.29) is 0 Å². The van der Waals surface area contributed by atoms with Crippen LogP contribution in [0.3, 0.4) is 0 Å². The first-order valence-corrected chi connectivity index (χ1v) is 3.19. The Hall–Kier alpha value is -0.250. The summed E-state index contributed by atoms with van der Waals surface area (Å²) in [6.45, 7) is 3.28. The Labute approximate surface area is 58.8 Å². The Morgan fingerprint density at radius 1 is 1.40 bits per heavy atom. The zero-order valence-corrected chi connectivity index (χ0v) is 6.37. The molecule has 0 amide bonds. The van der Waals surface area contributed by atoms with Crippen molar-refractivity contribution in [2.45, 2.75) is 32.6 Å². The van der Waals surface area contributed by atoms with Gasteiger partial charge in [0.2, 0.25) is 0 Å². The lowest BCUT2D eigenvalue weighted by molar-refractivity contribution is -0.247. The molecule has 0 unspecified atom stereocenters. The molecule has 0 heterocycles. The summed E-state index contributed by atoms with van der Waals surface area (Å²) in [5, 5.41) is 0. The molecule has 1 nitrogen and oxygen atoms in total. The highest BCUT2D eigenvalue weighted by atomic mass is 19.4. The Morgan fingerprint density at radius 2 is 1.80 bits per heavy atom. The van der Waals surface area contributed by atoms with Crippen molar-refractivity contribution in [3.63, 3.8) is 0 Å². The van der Waals surface area contributed by atoms with Gasteiger partial charge in [0.05, 0.1) is 0 Å². The van der Waals surface area contributed by atoms with Crippen LogP contribution in [0.5, 0.6) is 0 Å². The third kappa shape index (κ3) is 2.56. The third-order valence-electron chi connectivity index (χ3n) is 1.65. The van der Waals surface area contributed by atoms with E-state index in [0.29, 0.717) is 11.3 Å². The molecule has 0 aliphatic rings. The quantitative estimate of drug-likeness (QED) is 0.553. The molecule has 0 saturated heterocycles. The first kappa shape index (κ1) is 9.75. The summed E-state index contributed by atoms with van der Waals surface area (Å²) in [6.07, 6.45) is -3.68. The van der Waals surface area contributed by atoms with E-state index < -0.39 is 12.3 Å². The zero-order chi connectivity index (χ0) is 8.36. The molecule has 1 atom stereocenters. The fourth-order valence-electron chi connectivity index (χ4n) is 0.524. The summed E-state index contributed by atoms with van der Waals surface area (Å²) in [7, 11) is 1.06. The van der Waals surface area contributed by atoms with Gasteiger partial charge >= 0.3 is 6.30 Å². The van der Waals surface area contributed by atoms with Crippen LogP contribution >= 0.6 is 0 Å². The molecule has 0 fully saturated rings. The Morgan fingerprint density at radius 3 is 1.90 bits per heavy atom. The predicted octanol–water partition coefficient (Wildman–Crippen LogP) is 2.24. The fourth-order valence-corrected chi connectivity index (χ4v) is 0.524. The molecule has 0 aromatic heterocycles. The lowest BCUT2D eigenvalue weighted by Gasteiger charge is -2.25. The molecule has 0 bridgehead atoms. The molecule has 0 spiro atoms. The van der Waals surface area contributed by atoms with Gasteiger partial charge in [0.15, 0.2) is 0 Å². The van der Waals surface area contributed by atoms with Crippen LogP contribution in [0.2, 0.25) is 0 Å². The van der Waals surface area contributed by atoms with Crippen molar-refractivity contribution in [3.05, 3.63) is 0 Å². The van der Waals surface area contributed by atoms with Crippen molar-refractivity contribution < 1.29 is 13.2 Å². The van der Waals surface area contributed by atoms with E-state index in [1.165, 1.54) is 0 Å². The minimum absolute atomic E-state index is 0.410. The number of hydrogen-bond donors (Lipinski definition) is 0. The zero-order valence-electron chi connectivity index (χ0n) is 6.37. The summed E-state index contributed by atoms with van der Waals surface area (Å²) >= 11 is 0. The van der Waals surface area contributed by atoms with Crippen LogP contribution in [0.25, 0.3) is 0 Å². The molecule has 0 aliphatic carbocycles. The molecular weight excluding hydrogens is 143 g/mol. The molecule has 0 N–H and O–H groups in total. The molecule has 4 heteroatoms. The summed E-state index contributed by atoms with van der Waals surface area (Å²) in [4.78, 5) is 0.410. The van der Waals surface area contributed by atoms with Crippen molar-refractivity contribution >= 4 is 0 Å². The summed E-state index contributed by atoms with van der Waals surface area (Å²) < 4.78 is 35.4. The number of alkyl halides is 3. The standard InChI is InChI=1S/C6H12F3N/c1-4-5(2)10(3)6(7,8)9/h5H,4H2,1-3H3/t5-/m1/s1. The summed E-state index contributed by atoms with van der Waals surface area (Å²) in [6, 6.07) is -0.431. The van der Waals surface area contributed by atoms with Gasteiger partial charge in [-0.15, -0.1) is 0 Å². The van der Waals surface area contributed by atoms with Gasteiger partial charge in [-0.2, -0.15) is 13.2 Å². The van der Waals surface area contributed by atoms with Crippen LogP contribution < -0.4 is 0 Å². The fraction of sp³-hybridized carbons (Fsp3) is 1.00. The first-order valence-electron chi connectivity index (χ1n) is 3.19. The maximum atomic E-state index is 11.8. The van der Waals surface area contributed by atoms with Crippen LogP contribution in [0.4, 0.5) is 13.2 Å². The predicted molar refractivity (Wildman–Crippen MR) is 33.6 cm³/mol. The number of nitrogens with zero attached hydrogens (tertiary/aromatic N) is 1. The molecule has 0 radical (unpaired) electrons. The van der Waals surface area contributed by atoms with Crippen molar-refractivity contribution in [3.8, 4) is 0 Å². The maximum Gasteiger partial charge on any atom is 0.459 e. The van der Waals surface area contributed by atoms with E-state index in [4.69, 9.17) is 0 Å². The van der Waals surface area contributed by atoms with Crippen LogP contribution in [0.15, 0.2) is 0 Å². The maximum absolute atomic E-state index is 11.8. The second-order valence-electron chi connectivity index (χ2n) is 2.34. The van der Waals surface area contributed by atoms with Crippen LogP contribution in [-0.4, -0.2) is 24.3 Å². The minimum Gasteiger partial charge on any atom is -0.215 e. The second-order valence-corrected chi connectivity index (χ2v) is 2.34. The second kappa shape index (κ2) is 3.23. The molecule has 0 aromatic carbocycles. The highest BCUT2D eigenvalue weighted by Crippen LogP contribution is 2.22. The van der Waals surface area contributed by atoms with Crippen molar-refractivity contribution in [2.75, 3.05) is 7.05 Å². The Kier molecular flexibility index (Phi) is 3.15. The van der Waals surface area contributed by atoms with Crippen molar-refractivity contribution in [1.82, 2.24) is 4.90 Å². The van der Waals surface area contributed by atoms with Gasteiger partial charge < -0.3 is 0 Å². The first-order chi connectivity index (χ1) is 4.39. The Bertz CT molecular complexity index is 99.7. The van der Waals surface area contributed by atoms with E-state index in [2.05, 4.69) is 0 Å². The van der Waals surface area contributed by atoms with Gasteiger partial charge in [-0.3, -0.25) is 0 Å². The lowest BCUT2D eigenvalue weighted by atomic mass is 10.2. The van der Waals surface area contributed by atoms with E-state index in [0.717, 1.165) is 7.05 Å². The van der Waals surface area contributed by atoms with E-state index in [9.17, 15) is 13.2 Å². The molecule has 0 saturated carbocycles. The third-order valence-corrected chi connectivity index (χ3v) is 1.65. The van der Waals surface area contributed by atoms with Gasteiger partial charge in [0.25, 0.3) is 0 Å². The lowest BCUT2D eigenvalue weighted by Crippen LogP contribution is -2.40. The summed E-state index contributed by atoms with van der Waals surface area (Å²) in [5.74, 6) is 0. The van der Waals surface area contributed by atoms with Gasteiger partial charge in [-0.25, -0.2) is 4.90 Å². The molecule has 10 heavy (non-hydrogen) atoms. The van der Waals surface area contributed by atoms with Gasteiger partial charge in [-0.1, -0.05) is 6.92 Å². The normalized spacial score (nSPS) is 15.9. The van der Waals surface area contributed by atoms with Crippen LogP contribution in [-0.2, 0) is 0 Å². The monoisotopic (exact) mass is 155 g/mol. The Balaban J connectivity index is 3.94. The summed E-state index contributed by atoms with van der Waals surface area (Å²) in [5.41, 5.74) is 0. The molecular formula is C6H12F3N. The van der Waals surface area contributed by atoms with Gasteiger partial charge in [-0.05, 0) is 20.4 Å². The minimum atomic E-state index is -4.19. The van der Waals surface area contributed by atoms with E-state index >= 15 is 0 Å². The average molecular weight is 155 g/mol. The van der Waals surface area contributed by atoms with Crippen LogP contribution in [0.1, 0.15) is 20.3 Å². The van der Waals surface area contributed by atoms with Crippen molar-refractivity contribution in [1.29, 1.82) is 0 Å². The van der Waals surface area contributed by atoms with Gasteiger partial charge in [0, 0.05) is 6.04 Å². The highest BCUT2D eigenvalue weighted by Gasteiger charge is 2.36. The smallest absolute Gasteiger partial charge is 0.215 e. The number of halogens is 3. The average Bonchev–Trinajstić information content (AvgIpc) is 1.83.